The third-order valence-electron chi connectivity index (χ3n) is 1.99. The Balaban J connectivity index is 2.79. The summed E-state index contributed by atoms with van der Waals surface area (Å²) in [4.78, 5) is 0.359. The first kappa shape index (κ1) is 11.0. The Morgan fingerprint density at radius 1 is 1.29 bits per heavy atom. The van der Waals surface area contributed by atoms with Gasteiger partial charge in [0.15, 0.2) is 5.60 Å². The van der Waals surface area contributed by atoms with Crippen LogP contribution in [0.15, 0.2) is 24.3 Å². The largest absolute Gasteiger partial charge is 0.481 e. The molecule has 0 unspecified atom stereocenters. The minimum Gasteiger partial charge on any atom is -0.481 e. The van der Waals surface area contributed by atoms with Crippen LogP contribution in [0.4, 0.5) is 0 Å². The Morgan fingerprint density at radius 3 is 2.21 bits per heavy atom. The summed E-state index contributed by atoms with van der Waals surface area (Å²) in [6, 6.07) is 7.81. The van der Waals surface area contributed by atoms with Gasteiger partial charge in [0.25, 0.3) is 0 Å². The number of nitrogens with two attached hydrogens (primary N) is 1. The molecule has 0 radical (unpaired) electrons. The van der Waals surface area contributed by atoms with Crippen molar-refractivity contribution in [1.29, 1.82) is 0 Å². The first-order chi connectivity index (χ1) is 6.42. The summed E-state index contributed by atoms with van der Waals surface area (Å²) in [5.74, 6) is 0.786. The highest BCUT2D eigenvalue weighted by atomic mass is 32.1. The quantitative estimate of drug-likeness (QED) is 0.777. The predicted octanol–water partition coefficient (Wildman–Crippen LogP) is 2.44. The van der Waals surface area contributed by atoms with Crippen molar-refractivity contribution in [2.24, 2.45) is 5.73 Å². The monoisotopic (exact) mass is 209 g/mol. The van der Waals surface area contributed by atoms with E-state index in [9.17, 15) is 0 Å². The minimum absolute atomic E-state index is 0.359. The van der Waals surface area contributed by atoms with Crippen molar-refractivity contribution in [2.75, 3.05) is 0 Å². The molecule has 76 valence electrons. The lowest BCUT2D eigenvalue weighted by atomic mass is 10.1. The number of hydrogen-bond donors (Lipinski definition) is 1. The highest BCUT2D eigenvalue weighted by Gasteiger charge is 2.23. The van der Waals surface area contributed by atoms with E-state index >= 15 is 0 Å². The van der Waals surface area contributed by atoms with Gasteiger partial charge in [0.2, 0.25) is 0 Å². The lowest BCUT2D eigenvalue weighted by Gasteiger charge is -2.24. The van der Waals surface area contributed by atoms with E-state index in [1.54, 1.807) is 0 Å². The van der Waals surface area contributed by atoms with Crippen molar-refractivity contribution in [1.82, 2.24) is 0 Å². The molecule has 0 bridgehead atoms. The molecule has 0 aliphatic carbocycles. The number of thiocarbonyl (C=S) groups is 1. The highest BCUT2D eigenvalue weighted by molar-refractivity contribution is 7.80. The molecular weight excluding hydrogens is 194 g/mol. The second-order valence-corrected chi connectivity index (χ2v) is 4.23. The number of ether oxygens (including phenoxy) is 1. The summed E-state index contributed by atoms with van der Waals surface area (Å²) in [5, 5.41) is 0. The first-order valence-electron chi connectivity index (χ1n) is 4.47. The van der Waals surface area contributed by atoms with Gasteiger partial charge in [0.1, 0.15) is 10.7 Å². The summed E-state index contributed by atoms with van der Waals surface area (Å²) in [6.45, 7) is 5.74. The van der Waals surface area contributed by atoms with Crippen molar-refractivity contribution in [3.05, 3.63) is 29.8 Å². The Kier molecular flexibility index (Phi) is 3.11. The molecule has 1 aromatic rings. The average molecular weight is 209 g/mol. The standard InChI is InChI=1S/C11H15NOS/c1-8-4-6-9(7-5-8)13-11(2,3)10(12)14/h4-7H,1-3H3,(H2,12,14). The highest BCUT2D eigenvalue weighted by Crippen LogP contribution is 2.18. The van der Waals surface area contributed by atoms with Crippen LogP contribution in [-0.4, -0.2) is 10.6 Å². The topological polar surface area (TPSA) is 35.2 Å². The molecule has 0 heterocycles. The van der Waals surface area contributed by atoms with Crippen LogP contribution >= 0.6 is 12.2 Å². The lowest BCUT2D eigenvalue weighted by Crippen LogP contribution is -2.41. The van der Waals surface area contributed by atoms with E-state index in [4.69, 9.17) is 22.7 Å². The molecule has 1 rings (SSSR count). The third kappa shape index (κ3) is 2.70. The normalized spacial score (nSPS) is 11.1. The average Bonchev–Trinajstić information content (AvgIpc) is 2.08. The van der Waals surface area contributed by atoms with E-state index < -0.39 is 5.60 Å². The number of hydrogen-bond acceptors (Lipinski definition) is 2. The van der Waals surface area contributed by atoms with Crippen molar-refractivity contribution < 1.29 is 4.74 Å². The lowest BCUT2D eigenvalue weighted by molar-refractivity contribution is 0.184. The number of aryl methyl sites for hydroxylation is 1. The van der Waals surface area contributed by atoms with Gasteiger partial charge >= 0.3 is 0 Å². The zero-order valence-corrected chi connectivity index (χ0v) is 9.52. The Hall–Kier alpha value is -1.09. The zero-order chi connectivity index (χ0) is 10.8. The molecule has 0 spiro atoms. The van der Waals surface area contributed by atoms with Crippen LogP contribution in [0.25, 0.3) is 0 Å². The SMILES string of the molecule is Cc1ccc(OC(C)(C)C(N)=S)cc1. The molecular formula is C11H15NOS. The van der Waals surface area contributed by atoms with Gasteiger partial charge < -0.3 is 10.5 Å². The van der Waals surface area contributed by atoms with E-state index in [1.807, 2.05) is 45.0 Å². The van der Waals surface area contributed by atoms with Crippen molar-refractivity contribution >= 4 is 17.2 Å². The maximum absolute atomic E-state index is 5.65. The van der Waals surface area contributed by atoms with Crippen LogP contribution in [0.1, 0.15) is 19.4 Å². The summed E-state index contributed by atoms with van der Waals surface area (Å²) in [5.41, 5.74) is 6.16. The summed E-state index contributed by atoms with van der Waals surface area (Å²) in [6.07, 6.45) is 0. The van der Waals surface area contributed by atoms with Gasteiger partial charge in [-0.2, -0.15) is 0 Å². The molecule has 1 aromatic carbocycles. The van der Waals surface area contributed by atoms with Crippen molar-refractivity contribution in [3.63, 3.8) is 0 Å². The molecule has 2 N–H and O–H groups in total. The maximum Gasteiger partial charge on any atom is 0.153 e. The van der Waals surface area contributed by atoms with Crippen LogP contribution in [0.2, 0.25) is 0 Å². The minimum atomic E-state index is -0.593. The van der Waals surface area contributed by atoms with Crippen LogP contribution in [0.5, 0.6) is 5.75 Å². The van der Waals surface area contributed by atoms with Crippen LogP contribution in [-0.2, 0) is 0 Å². The van der Waals surface area contributed by atoms with E-state index in [2.05, 4.69) is 0 Å². The molecule has 0 aliphatic rings. The molecule has 3 heteroatoms. The molecule has 0 atom stereocenters. The van der Waals surface area contributed by atoms with Gasteiger partial charge in [-0.3, -0.25) is 0 Å². The van der Waals surface area contributed by atoms with Gasteiger partial charge in [0.05, 0.1) is 0 Å². The number of rotatable bonds is 3. The Labute approximate surface area is 90.1 Å². The van der Waals surface area contributed by atoms with E-state index in [0.717, 1.165) is 5.75 Å². The Bertz CT molecular complexity index is 330. The summed E-state index contributed by atoms with van der Waals surface area (Å²) >= 11 is 4.91. The first-order valence-corrected chi connectivity index (χ1v) is 4.88. The molecule has 0 aromatic heterocycles. The molecule has 0 amide bonds. The fourth-order valence-corrected chi connectivity index (χ4v) is 0.993. The molecule has 0 aliphatic heterocycles. The third-order valence-corrected chi connectivity index (χ3v) is 2.48. The second-order valence-electron chi connectivity index (χ2n) is 3.79. The van der Waals surface area contributed by atoms with Crippen LogP contribution in [0.3, 0.4) is 0 Å². The summed E-state index contributed by atoms with van der Waals surface area (Å²) in [7, 11) is 0. The molecule has 14 heavy (non-hydrogen) atoms. The molecule has 0 saturated heterocycles. The smallest absolute Gasteiger partial charge is 0.153 e. The zero-order valence-electron chi connectivity index (χ0n) is 8.70. The van der Waals surface area contributed by atoms with Gasteiger partial charge in [-0.25, -0.2) is 0 Å². The molecule has 0 fully saturated rings. The van der Waals surface area contributed by atoms with Gasteiger partial charge in [-0.15, -0.1) is 0 Å². The summed E-state index contributed by atoms with van der Waals surface area (Å²) < 4.78 is 5.65. The van der Waals surface area contributed by atoms with E-state index in [-0.39, 0.29) is 0 Å². The predicted molar refractivity (Wildman–Crippen MR) is 62.7 cm³/mol. The van der Waals surface area contributed by atoms with E-state index in [0.29, 0.717) is 4.99 Å². The number of benzene rings is 1. The molecule has 2 nitrogen and oxygen atoms in total. The Morgan fingerprint density at radius 2 is 1.79 bits per heavy atom. The van der Waals surface area contributed by atoms with Gasteiger partial charge in [0, 0.05) is 0 Å². The van der Waals surface area contributed by atoms with E-state index in [1.165, 1.54) is 5.56 Å². The van der Waals surface area contributed by atoms with Crippen LogP contribution in [0, 0.1) is 6.92 Å². The fourth-order valence-electron chi connectivity index (χ4n) is 0.951. The van der Waals surface area contributed by atoms with Gasteiger partial charge in [-0.1, -0.05) is 29.9 Å². The molecule has 0 saturated carbocycles. The van der Waals surface area contributed by atoms with Crippen molar-refractivity contribution in [2.45, 2.75) is 26.4 Å². The van der Waals surface area contributed by atoms with Crippen LogP contribution < -0.4 is 10.5 Å². The second kappa shape index (κ2) is 3.96. The fraction of sp³-hybridized carbons (Fsp3) is 0.364. The van der Waals surface area contributed by atoms with Crippen molar-refractivity contribution in [3.8, 4) is 5.75 Å². The van der Waals surface area contributed by atoms with Gasteiger partial charge in [-0.05, 0) is 32.9 Å². The maximum atomic E-state index is 5.65.